The highest BCUT2D eigenvalue weighted by Gasteiger charge is 2.14. The van der Waals surface area contributed by atoms with Crippen molar-refractivity contribution in [1.29, 1.82) is 0 Å². The van der Waals surface area contributed by atoms with Crippen molar-refractivity contribution in [3.05, 3.63) is 81.3 Å². The van der Waals surface area contributed by atoms with Crippen molar-refractivity contribution >= 4 is 35.3 Å². The van der Waals surface area contributed by atoms with Gasteiger partial charge in [-0.15, -0.1) is 0 Å². The van der Waals surface area contributed by atoms with Gasteiger partial charge < -0.3 is 0 Å². The minimum Gasteiger partial charge on any atom is -0.267 e. The summed E-state index contributed by atoms with van der Waals surface area (Å²) in [5.41, 5.74) is 4.47. The summed E-state index contributed by atoms with van der Waals surface area (Å²) in [7, 11) is 0. The quantitative estimate of drug-likeness (QED) is 0.530. The summed E-state index contributed by atoms with van der Waals surface area (Å²) in [4.78, 5) is 12.1. The number of carbonyl (C=O) groups excluding carboxylic acids is 1. The zero-order valence-electron chi connectivity index (χ0n) is 13.6. The van der Waals surface area contributed by atoms with Gasteiger partial charge in [-0.3, -0.25) is 4.79 Å². The second-order valence-electron chi connectivity index (χ2n) is 5.36. The number of hydrogen-bond donors (Lipinski definition) is 1. The van der Waals surface area contributed by atoms with E-state index in [4.69, 9.17) is 23.2 Å². The van der Waals surface area contributed by atoms with E-state index in [1.54, 1.807) is 43.3 Å². The molecule has 0 atom stereocenters. The molecule has 0 bridgehead atoms. The van der Waals surface area contributed by atoms with Crippen LogP contribution >= 0.6 is 23.2 Å². The second kappa shape index (κ2) is 7.68. The number of nitrogens with zero attached hydrogens (tertiary/aromatic N) is 3. The molecule has 132 valence electrons. The molecular formula is C18H13Cl2FN4O. The van der Waals surface area contributed by atoms with Crippen LogP contribution in [0, 0.1) is 12.7 Å². The standard InChI is InChI=1S/C18H13Cl2FN4O/c1-11-15(10-22-23-18(26)14-4-2-3-5-16(14)19)17(20)25(24-11)13-8-6-12(21)7-9-13/h2-10H,1H3,(H,23,26)/b22-10+. The lowest BCUT2D eigenvalue weighted by atomic mass is 10.2. The largest absolute Gasteiger partial charge is 0.272 e. The molecule has 8 heteroatoms. The summed E-state index contributed by atoms with van der Waals surface area (Å²) in [6.45, 7) is 1.75. The number of hydrazone groups is 1. The molecule has 0 aliphatic rings. The number of benzene rings is 2. The number of halogens is 3. The predicted octanol–water partition coefficient (Wildman–Crippen LogP) is 4.39. The van der Waals surface area contributed by atoms with E-state index in [0.717, 1.165) is 0 Å². The summed E-state index contributed by atoms with van der Waals surface area (Å²) in [5, 5.41) is 8.87. The van der Waals surface area contributed by atoms with E-state index < -0.39 is 5.91 Å². The lowest BCUT2D eigenvalue weighted by Gasteiger charge is -2.03. The van der Waals surface area contributed by atoms with Crippen LogP contribution in [0.3, 0.4) is 0 Å². The molecule has 1 amide bonds. The molecule has 1 N–H and O–H groups in total. The van der Waals surface area contributed by atoms with Crippen LogP contribution in [0.5, 0.6) is 0 Å². The third-order valence-corrected chi connectivity index (χ3v) is 4.29. The van der Waals surface area contributed by atoms with Gasteiger partial charge in [-0.2, -0.15) is 10.2 Å². The van der Waals surface area contributed by atoms with Gasteiger partial charge in [0.2, 0.25) is 0 Å². The maximum atomic E-state index is 13.1. The van der Waals surface area contributed by atoms with Gasteiger partial charge in [0.1, 0.15) is 11.0 Å². The molecule has 0 spiro atoms. The lowest BCUT2D eigenvalue weighted by Crippen LogP contribution is -2.18. The van der Waals surface area contributed by atoms with E-state index in [9.17, 15) is 9.18 Å². The van der Waals surface area contributed by atoms with Crippen molar-refractivity contribution in [1.82, 2.24) is 15.2 Å². The Balaban J connectivity index is 1.80. The van der Waals surface area contributed by atoms with Crippen molar-refractivity contribution in [3.8, 4) is 5.69 Å². The average Bonchev–Trinajstić information content (AvgIpc) is 2.91. The third kappa shape index (κ3) is 3.76. The highest BCUT2D eigenvalue weighted by molar-refractivity contribution is 6.34. The predicted molar refractivity (Wildman–Crippen MR) is 99.8 cm³/mol. The van der Waals surface area contributed by atoms with Gasteiger partial charge in [-0.25, -0.2) is 14.5 Å². The van der Waals surface area contributed by atoms with Crippen molar-refractivity contribution in [2.45, 2.75) is 6.92 Å². The van der Waals surface area contributed by atoms with Crippen molar-refractivity contribution < 1.29 is 9.18 Å². The van der Waals surface area contributed by atoms with E-state index >= 15 is 0 Å². The van der Waals surface area contributed by atoms with Crippen LogP contribution in [0.2, 0.25) is 10.2 Å². The molecule has 0 saturated carbocycles. The molecule has 3 rings (SSSR count). The van der Waals surface area contributed by atoms with E-state index in [2.05, 4.69) is 15.6 Å². The molecular weight excluding hydrogens is 378 g/mol. The monoisotopic (exact) mass is 390 g/mol. The molecule has 0 aliphatic heterocycles. The first-order valence-electron chi connectivity index (χ1n) is 7.56. The first-order valence-corrected chi connectivity index (χ1v) is 8.32. The molecule has 1 aromatic heterocycles. The van der Waals surface area contributed by atoms with Crippen LogP contribution in [0.15, 0.2) is 53.6 Å². The Bertz CT molecular complexity index is 983. The number of carbonyl (C=O) groups is 1. The molecule has 2 aromatic carbocycles. The fraction of sp³-hybridized carbons (Fsp3) is 0.0556. The number of amides is 1. The lowest BCUT2D eigenvalue weighted by molar-refractivity contribution is 0.0955. The first kappa shape index (κ1) is 18.1. The molecule has 0 radical (unpaired) electrons. The molecule has 1 heterocycles. The van der Waals surface area contributed by atoms with Gasteiger partial charge >= 0.3 is 0 Å². The first-order chi connectivity index (χ1) is 12.5. The Kier molecular flexibility index (Phi) is 5.35. The number of rotatable bonds is 4. The summed E-state index contributed by atoms with van der Waals surface area (Å²) in [6.07, 6.45) is 1.40. The molecule has 0 saturated heterocycles. The van der Waals surface area contributed by atoms with Crippen LogP contribution in [0.25, 0.3) is 5.69 Å². The van der Waals surface area contributed by atoms with Gasteiger partial charge in [0.25, 0.3) is 5.91 Å². The van der Waals surface area contributed by atoms with Crippen LogP contribution in [0.1, 0.15) is 21.6 Å². The van der Waals surface area contributed by atoms with E-state index in [-0.39, 0.29) is 5.82 Å². The van der Waals surface area contributed by atoms with Crippen LogP contribution in [-0.4, -0.2) is 21.9 Å². The highest BCUT2D eigenvalue weighted by atomic mass is 35.5. The van der Waals surface area contributed by atoms with Gasteiger partial charge in [0, 0.05) is 0 Å². The van der Waals surface area contributed by atoms with E-state index in [1.165, 1.54) is 23.0 Å². The summed E-state index contributed by atoms with van der Waals surface area (Å²) >= 11 is 12.3. The zero-order valence-corrected chi connectivity index (χ0v) is 15.1. The smallest absolute Gasteiger partial charge is 0.267 e. The number of aryl methyl sites for hydroxylation is 1. The molecule has 0 aliphatic carbocycles. The summed E-state index contributed by atoms with van der Waals surface area (Å²) in [6, 6.07) is 12.4. The molecule has 0 unspecified atom stereocenters. The topological polar surface area (TPSA) is 59.3 Å². The van der Waals surface area contributed by atoms with Gasteiger partial charge in [0.15, 0.2) is 0 Å². The van der Waals surface area contributed by atoms with Gasteiger partial charge in [0.05, 0.1) is 33.7 Å². The molecule has 0 fully saturated rings. The van der Waals surface area contributed by atoms with E-state index in [1.807, 2.05) is 0 Å². The second-order valence-corrected chi connectivity index (χ2v) is 6.12. The maximum absolute atomic E-state index is 13.1. The molecule has 3 aromatic rings. The Hall–Kier alpha value is -2.70. The van der Waals surface area contributed by atoms with Crippen LogP contribution < -0.4 is 5.43 Å². The van der Waals surface area contributed by atoms with E-state index in [0.29, 0.717) is 32.7 Å². The fourth-order valence-corrected chi connectivity index (χ4v) is 2.81. The number of aromatic nitrogens is 2. The van der Waals surface area contributed by atoms with Crippen molar-refractivity contribution in [2.24, 2.45) is 5.10 Å². The van der Waals surface area contributed by atoms with Gasteiger partial charge in [-0.1, -0.05) is 35.3 Å². The summed E-state index contributed by atoms with van der Waals surface area (Å²) < 4.78 is 14.5. The Labute approximate surface area is 159 Å². The fourth-order valence-electron chi connectivity index (χ4n) is 2.27. The van der Waals surface area contributed by atoms with Crippen LogP contribution in [-0.2, 0) is 0 Å². The zero-order chi connectivity index (χ0) is 18.7. The van der Waals surface area contributed by atoms with Gasteiger partial charge in [-0.05, 0) is 43.3 Å². The average molecular weight is 391 g/mol. The molecule has 5 nitrogen and oxygen atoms in total. The highest BCUT2D eigenvalue weighted by Crippen LogP contribution is 2.22. The Morgan fingerprint density at radius 3 is 2.58 bits per heavy atom. The summed E-state index contributed by atoms with van der Waals surface area (Å²) in [5.74, 6) is -0.788. The SMILES string of the molecule is Cc1nn(-c2ccc(F)cc2)c(Cl)c1/C=N/NC(=O)c1ccccc1Cl. The molecule has 26 heavy (non-hydrogen) atoms. The Morgan fingerprint density at radius 2 is 1.88 bits per heavy atom. The minimum atomic E-state index is -0.438. The van der Waals surface area contributed by atoms with Crippen molar-refractivity contribution in [3.63, 3.8) is 0 Å². The number of hydrogen-bond acceptors (Lipinski definition) is 3. The maximum Gasteiger partial charge on any atom is 0.272 e. The number of nitrogens with one attached hydrogen (secondary N) is 1. The van der Waals surface area contributed by atoms with Crippen molar-refractivity contribution in [2.75, 3.05) is 0 Å². The minimum absolute atomic E-state index is 0.296. The normalized spacial score (nSPS) is 11.1. The van der Waals surface area contributed by atoms with Crippen LogP contribution in [0.4, 0.5) is 4.39 Å². The Morgan fingerprint density at radius 1 is 1.19 bits per heavy atom. The third-order valence-electron chi connectivity index (χ3n) is 3.60.